The Kier molecular flexibility index (Phi) is 6.61. The van der Waals surface area contributed by atoms with Crippen molar-refractivity contribution in [3.05, 3.63) is 0 Å². The normalized spacial score (nSPS) is 27.0. The van der Waals surface area contributed by atoms with Crippen LogP contribution in [-0.2, 0) is 9.47 Å². The lowest BCUT2D eigenvalue weighted by Gasteiger charge is -2.31. The molecule has 108 valence electrons. The molecule has 1 aliphatic rings. The van der Waals surface area contributed by atoms with Gasteiger partial charge in [-0.1, -0.05) is 34.6 Å². The molecule has 0 aromatic carbocycles. The molecule has 18 heavy (non-hydrogen) atoms. The fourth-order valence-corrected chi connectivity index (χ4v) is 2.72. The second kappa shape index (κ2) is 7.46. The Morgan fingerprint density at radius 3 is 2.61 bits per heavy atom. The second-order valence-electron chi connectivity index (χ2n) is 6.44. The number of likely N-dealkylation sites (N-methyl/N-ethyl adjacent to an activating group) is 1. The van der Waals surface area contributed by atoms with Crippen molar-refractivity contribution in [2.24, 2.45) is 11.3 Å². The van der Waals surface area contributed by atoms with E-state index in [1.54, 1.807) is 0 Å². The van der Waals surface area contributed by atoms with Gasteiger partial charge in [-0.15, -0.1) is 0 Å². The van der Waals surface area contributed by atoms with Crippen molar-refractivity contribution < 1.29 is 9.47 Å². The summed E-state index contributed by atoms with van der Waals surface area (Å²) in [6.45, 7) is 14.4. The highest BCUT2D eigenvalue weighted by Crippen LogP contribution is 2.38. The Balaban J connectivity index is 2.24. The molecule has 0 heterocycles. The first kappa shape index (κ1) is 15.9. The van der Waals surface area contributed by atoms with Crippen LogP contribution in [0.5, 0.6) is 0 Å². The molecule has 0 bridgehead atoms. The summed E-state index contributed by atoms with van der Waals surface area (Å²) in [4.78, 5) is 0. The first-order valence-corrected chi connectivity index (χ1v) is 7.40. The van der Waals surface area contributed by atoms with Crippen LogP contribution in [0.15, 0.2) is 0 Å². The van der Waals surface area contributed by atoms with Crippen LogP contribution in [0.1, 0.15) is 47.5 Å². The van der Waals surface area contributed by atoms with Crippen molar-refractivity contribution >= 4 is 0 Å². The summed E-state index contributed by atoms with van der Waals surface area (Å²) in [6.07, 6.45) is 2.75. The Labute approximate surface area is 113 Å². The average Bonchev–Trinajstić information content (AvgIpc) is 2.56. The predicted molar refractivity (Wildman–Crippen MR) is 75.9 cm³/mol. The van der Waals surface area contributed by atoms with Crippen LogP contribution < -0.4 is 5.32 Å². The maximum atomic E-state index is 6.00. The first-order valence-electron chi connectivity index (χ1n) is 7.40. The number of nitrogens with one attached hydrogen (secondary N) is 1. The molecule has 3 heteroatoms. The minimum absolute atomic E-state index is 0.347. The molecular weight excluding hydrogens is 226 g/mol. The monoisotopic (exact) mass is 257 g/mol. The van der Waals surface area contributed by atoms with Gasteiger partial charge < -0.3 is 14.8 Å². The third-order valence-corrected chi connectivity index (χ3v) is 3.72. The Morgan fingerprint density at radius 2 is 2.00 bits per heavy atom. The maximum Gasteiger partial charge on any atom is 0.0734 e. The lowest BCUT2D eigenvalue weighted by atomic mass is 9.87. The highest BCUT2D eigenvalue weighted by Gasteiger charge is 2.41. The number of hydrogen-bond donors (Lipinski definition) is 1. The van der Waals surface area contributed by atoms with Crippen molar-refractivity contribution in [3.63, 3.8) is 0 Å². The van der Waals surface area contributed by atoms with E-state index < -0.39 is 0 Å². The Morgan fingerprint density at radius 1 is 1.28 bits per heavy atom. The van der Waals surface area contributed by atoms with Gasteiger partial charge in [0.1, 0.15) is 0 Å². The summed E-state index contributed by atoms with van der Waals surface area (Å²) in [6, 6.07) is 0.479. The fraction of sp³-hybridized carbons (Fsp3) is 1.00. The molecule has 0 aromatic heterocycles. The van der Waals surface area contributed by atoms with Gasteiger partial charge in [-0.25, -0.2) is 0 Å². The molecule has 0 amide bonds. The van der Waals surface area contributed by atoms with Crippen molar-refractivity contribution in [2.75, 3.05) is 26.4 Å². The molecule has 0 radical (unpaired) electrons. The zero-order valence-electron chi connectivity index (χ0n) is 12.8. The zero-order valence-corrected chi connectivity index (χ0v) is 12.8. The minimum Gasteiger partial charge on any atom is -0.379 e. The van der Waals surface area contributed by atoms with Gasteiger partial charge in [-0.05, 0) is 30.7 Å². The number of rotatable bonds is 8. The van der Waals surface area contributed by atoms with E-state index in [-0.39, 0.29) is 0 Å². The second-order valence-corrected chi connectivity index (χ2v) is 6.44. The highest BCUT2D eigenvalue weighted by molar-refractivity contribution is 4.97. The summed E-state index contributed by atoms with van der Waals surface area (Å²) in [5, 5.41) is 3.58. The average molecular weight is 257 g/mol. The van der Waals surface area contributed by atoms with E-state index in [9.17, 15) is 0 Å². The molecule has 0 spiro atoms. The molecule has 1 rings (SSSR count). The lowest BCUT2D eigenvalue weighted by Crippen LogP contribution is -2.45. The quantitative estimate of drug-likeness (QED) is 0.678. The van der Waals surface area contributed by atoms with E-state index in [0.717, 1.165) is 26.2 Å². The number of hydrogen-bond acceptors (Lipinski definition) is 3. The summed E-state index contributed by atoms with van der Waals surface area (Å²) in [5.41, 5.74) is 0.347. The van der Waals surface area contributed by atoms with Crippen LogP contribution in [0.3, 0.4) is 0 Å². The molecule has 3 nitrogen and oxygen atoms in total. The van der Waals surface area contributed by atoms with Crippen molar-refractivity contribution in [3.8, 4) is 0 Å². The van der Waals surface area contributed by atoms with E-state index in [1.165, 1.54) is 6.42 Å². The molecule has 0 saturated heterocycles. The summed E-state index contributed by atoms with van der Waals surface area (Å²) < 4.78 is 11.6. The van der Waals surface area contributed by atoms with E-state index in [0.29, 0.717) is 30.1 Å². The predicted octanol–water partition coefficient (Wildman–Crippen LogP) is 2.84. The van der Waals surface area contributed by atoms with Crippen LogP contribution in [0, 0.1) is 11.3 Å². The van der Waals surface area contributed by atoms with Gasteiger partial charge in [0, 0.05) is 12.6 Å². The summed E-state index contributed by atoms with van der Waals surface area (Å²) in [7, 11) is 0. The van der Waals surface area contributed by atoms with Gasteiger partial charge in [-0.3, -0.25) is 0 Å². The molecule has 2 atom stereocenters. The van der Waals surface area contributed by atoms with Crippen molar-refractivity contribution in [2.45, 2.75) is 59.6 Å². The third-order valence-electron chi connectivity index (χ3n) is 3.72. The number of ether oxygens (including phenoxy) is 2. The van der Waals surface area contributed by atoms with Crippen LogP contribution in [0.2, 0.25) is 0 Å². The Hall–Kier alpha value is -0.120. The molecule has 0 aromatic rings. The standard InChI is InChI=1S/C15H31NO2/c1-6-16-14-13(7-8-15(14,4)5)18-10-9-17-11-12(2)3/h12-14,16H,6-11H2,1-5H3. The van der Waals surface area contributed by atoms with Crippen LogP contribution >= 0.6 is 0 Å². The molecule has 1 fully saturated rings. The molecule has 0 aliphatic heterocycles. The van der Waals surface area contributed by atoms with Gasteiger partial charge in [-0.2, -0.15) is 0 Å². The molecule has 1 aliphatic carbocycles. The molecule has 1 N–H and O–H groups in total. The van der Waals surface area contributed by atoms with Gasteiger partial charge in [0.25, 0.3) is 0 Å². The van der Waals surface area contributed by atoms with Crippen molar-refractivity contribution in [1.82, 2.24) is 5.32 Å². The van der Waals surface area contributed by atoms with Crippen LogP contribution in [-0.4, -0.2) is 38.5 Å². The van der Waals surface area contributed by atoms with Gasteiger partial charge in [0.2, 0.25) is 0 Å². The highest BCUT2D eigenvalue weighted by atomic mass is 16.5. The molecule has 2 unspecified atom stereocenters. The van der Waals surface area contributed by atoms with Crippen LogP contribution in [0.25, 0.3) is 0 Å². The maximum absolute atomic E-state index is 6.00. The Bertz CT molecular complexity index is 229. The van der Waals surface area contributed by atoms with E-state index >= 15 is 0 Å². The molecule has 1 saturated carbocycles. The van der Waals surface area contributed by atoms with E-state index in [2.05, 4.69) is 39.9 Å². The van der Waals surface area contributed by atoms with Crippen molar-refractivity contribution in [1.29, 1.82) is 0 Å². The molecular formula is C15H31NO2. The largest absolute Gasteiger partial charge is 0.379 e. The van der Waals surface area contributed by atoms with Gasteiger partial charge in [0.15, 0.2) is 0 Å². The summed E-state index contributed by atoms with van der Waals surface area (Å²) in [5.74, 6) is 0.602. The first-order chi connectivity index (χ1) is 8.47. The minimum atomic E-state index is 0.347. The SMILES string of the molecule is CCNC1C(OCCOCC(C)C)CCC1(C)C. The zero-order chi connectivity index (χ0) is 13.6. The smallest absolute Gasteiger partial charge is 0.0734 e. The van der Waals surface area contributed by atoms with Gasteiger partial charge >= 0.3 is 0 Å². The topological polar surface area (TPSA) is 30.5 Å². The lowest BCUT2D eigenvalue weighted by molar-refractivity contribution is -0.0143. The fourth-order valence-electron chi connectivity index (χ4n) is 2.72. The summed E-state index contributed by atoms with van der Waals surface area (Å²) >= 11 is 0. The van der Waals surface area contributed by atoms with E-state index in [4.69, 9.17) is 9.47 Å². The van der Waals surface area contributed by atoms with Gasteiger partial charge in [0.05, 0.1) is 19.3 Å². The van der Waals surface area contributed by atoms with E-state index in [1.807, 2.05) is 0 Å². The third kappa shape index (κ3) is 4.87. The van der Waals surface area contributed by atoms with Crippen LogP contribution in [0.4, 0.5) is 0 Å².